The molecule has 3 aromatic rings. The molecule has 4 unspecified atom stereocenters. The van der Waals surface area contributed by atoms with Crippen LogP contribution >= 0.6 is 0 Å². The van der Waals surface area contributed by atoms with Crippen molar-refractivity contribution < 1.29 is 23.1 Å². The minimum Gasteiger partial charge on any atom is -0.457 e. The number of aryl methyl sites for hydroxylation is 1. The van der Waals surface area contributed by atoms with Gasteiger partial charge in [-0.25, -0.2) is 13.4 Å². The standard InChI is InChI=1S/C33H36N2O5S/c1-3-19-32(20-18-24-10-6-4-7-11-24)31(2,26-12-8-5-9-13-26)29(36)33(27-15-16-27,30(37)40-32)23-41(38,39)28-17-14-25(21-34)22-35-28/h4-14,17,22,27,29,36H,3,15-16,18-20,23H2,1-2H3. The van der Waals surface area contributed by atoms with Crippen molar-refractivity contribution in [3.05, 3.63) is 95.7 Å². The summed E-state index contributed by atoms with van der Waals surface area (Å²) in [7, 11) is -4.13. The van der Waals surface area contributed by atoms with Crippen molar-refractivity contribution >= 4 is 15.8 Å². The minimum absolute atomic E-state index is 0.229. The van der Waals surface area contributed by atoms with E-state index in [0.717, 1.165) is 11.1 Å². The molecule has 41 heavy (non-hydrogen) atoms. The van der Waals surface area contributed by atoms with Crippen molar-refractivity contribution in [3.63, 3.8) is 0 Å². The van der Waals surface area contributed by atoms with Crippen molar-refractivity contribution in [2.45, 2.75) is 74.5 Å². The molecule has 2 aliphatic rings. The molecule has 1 saturated heterocycles. The van der Waals surface area contributed by atoms with Gasteiger partial charge in [-0.2, -0.15) is 5.26 Å². The minimum atomic E-state index is -4.13. The number of aromatic nitrogens is 1. The normalized spacial score (nSPS) is 28.0. The molecule has 7 nitrogen and oxygen atoms in total. The molecule has 0 spiro atoms. The summed E-state index contributed by atoms with van der Waals surface area (Å²) < 4.78 is 34.2. The second-order valence-electron chi connectivity index (χ2n) is 11.7. The third-order valence-corrected chi connectivity index (χ3v) is 11.0. The molecule has 1 aliphatic carbocycles. The molecule has 2 aromatic carbocycles. The molecular formula is C33H36N2O5S. The van der Waals surface area contributed by atoms with Gasteiger partial charge in [0.1, 0.15) is 17.1 Å². The molecule has 0 bridgehead atoms. The number of hydrogen-bond acceptors (Lipinski definition) is 7. The van der Waals surface area contributed by atoms with Crippen LogP contribution in [0.4, 0.5) is 0 Å². The van der Waals surface area contributed by atoms with E-state index in [-0.39, 0.29) is 16.5 Å². The summed E-state index contributed by atoms with van der Waals surface area (Å²) in [6, 6.07) is 24.1. The maximum absolute atomic E-state index is 14.3. The number of ether oxygens (including phenoxy) is 1. The summed E-state index contributed by atoms with van der Waals surface area (Å²) >= 11 is 0. The number of rotatable bonds is 10. The summed E-state index contributed by atoms with van der Waals surface area (Å²) in [4.78, 5) is 18.3. The monoisotopic (exact) mass is 572 g/mol. The number of benzene rings is 2. The van der Waals surface area contributed by atoms with Gasteiger partial charge in [-0.1, -0.05) is 74.0 Å². The molecule has 8 heteroatoms. The van der Waals surface area contributed by atoms with Gasteiger partial charge in [-0.15, -0.1) is 0 Å². The van der Waals surface area contributed by atoms with Gasteiger partial charge in [0.05, 0.1) is 22.8 Å². The zero-order chi connectivity index (χ0) is 29.3. The first-order chi connectivity index (χ1) is 19.6. The molecule has 4 atom stereocenters. The number of nitriles is 1. The van der Waals surface area contributed by atoms with Gasteiger partial charge in [0, 0.05) is 6.20 Å². The molecule has 5 rings (SSSR count). The van der Waals surface area contributed by atoms with E-state index in [1.165, 1.54) is 18.3 Å². The Morgan fingerprint density at radius 1 is 1.02 bits per heavy atom. The lowest BCUT2D eigenvalue weighted by atomic mass is 9.53. The fourth-order valence-corrected chi connectivity index (χ4v) is 8.64. The fourth-order valence-electron chi connectivity index (χ4n) is 6.86. The molecule has 214 valence electrons. The lowest BCUT2D eigenvalue weighted by Gasteiger charge is -2.60. The first-order valence-corrected chi connectivity index (χ1v) is 15.9. The molecule has 2 heterocycles. The van der Waals surface area contributed by atoms with Crippen LogP contribution in [0.3, 0.4) is 0 Å². The fraction of sp³-hybridized carbons (Fsp3) is 0.424. The largest absolute Gasteiger partial charge is 0.457 e. The van der Waals surface area contributed by atoms with Crippen LogP contribution in [0, 0.1) is 22.7 Å². The maximum Gasteiger partial charge on any atom is 0.316 e. The van der Waals surface area contributed by atoms with E-state index >= 15 is 0 Å². The first kappa shape index (κ1) is 29.0. The molecule has 0 amide bonds. The number of carbonyl (C=O) groups excluding carboxylic acids is 1. The number of hydrogen-bond donors (Lipinski definition) is 1. The smallest absolute Gasteiger partial charge is 0.316 e. The number of aliphatic hydroxyl groups excluding tert-OH is 1. The van der Waals surface area contributed by atoms with Crippen molar-refractivity contribution in [2.75, 3.05) is 5.75 Å². The first-order valence-electron chi connectivity index (χ1n) is 14.2. The van der Waals surface area contributed by atoms with Gasteiger partial charge in [0.15, 0.2) is 14.9 Å². The van der Waals surface area contributed by atoms with E-state index in [4.69, 9.17) is 10.00 Å². The van der Waals surface area contributed by atoms with Gasteiger partial charge < -0.3 is 9.84 Å². The van der Waals surface area contributed by atoms with Crippen molar-refractivity contribution in [3.8, 4) is 6.07 Å². The number of carbonyl (C=O) groups is 1. The zero-order valence-electron chi connectivity index (χ0n) is 23.5. The maximum atomic E-state index is 14.3. The summed E-state index contributed by atoms with van der Waals surface area (Å²) in [5.41, 5.74) is -1.69. The lowest BCUT2D eigenvalue weighted by molar-refractivity contribution is -0.233. The van der Waals surface area contributed by atoms with Crippen LogP contribution in [-0.4, -0.2) is 41.9 Å². The second-order valence-corrected chi connectivity index (χ2v) is 13.6. The van der Waals surface area contributed by atoms with E-state index in [9.17, 15) is 18.3 Å². The number of esters is 1. The lowest BCUT2D eigenvalue weighted by Crippen LogP contribution is -2.72. The number of sulfone groups is 1. The average molecular weight is 573 g/mol. The molecule has 1 N–H and O–H groups in total. The quantitative estimate of drug-likeness (QED) is 0.333. The van der Waals surface area contributed by atoms with E-state index in [2.05, 4.69) is 4.98 Å². The summed E-state index contributed by atoms with van der Waals surface area (Å²) in [5, 5.41) is 21.5. The van der Waals surface area contributed by atoms with Crippen LogP contribution in [-0.2, 0) is 31.2 Å². The zero-order valence-corrected chi connectivity index (χ0v) is 24.3. The van der Waals surface area contributed by atoms with Crippen LogP contribution in [0.1, 0.15) is 62.6 Å². The molecular weight excluding hydrogens is 536 g/mol. The summed E-state index contributed by atoms with van der Waals surface area (Å²) in [6.07, 6.45) is 3.45. The van der Waals surface area contributed by atoms with Crippen molar-refractivity contribution in [1.82, 2.24) is 4.98 Å². The van der Waals surface area contributed by atoms with Crippen LogP contribution in [0.15, 0.2) is 84.0 Å². The third kappa shape index (κ3) is 4.96. The topological polar surface area (TPSA) is 117 Å². The van der Waals surface area contributed by atoms with Gasteiger partial charge in [0.2, 0.25) is 0 Å². The van der Waals surface area contributed by atoms with Crippen molar-refractivity contribution in [2.24, 2.45) is 11.3 Å². The Balaban J connectivity index is 1.64. The predicted octanol–water partition coefficient (Wildman–Crippen LogP) is 5.17. The Hall–Kier alpha value is -3.54. The molecule has 1 aromatic heterocycles. The highest BCUT2D eigenvalue weighted by Crippen LogP contribution is 2.61. The van der Waals surface area contributed by atoms with E-state index in [0.29, 0.717) is 38.5 Å². The van der Waals surface area contributed by atoms with E-state index < -0.39 is 44.1 Å². The van der Waals surface area contributed by atoms with Gasteiger partial charge >= 0.3 is 5.97 Å². The van der Waals surface area contributed by atoms with Gasteiger partial charge in [-0.3, -0.25) is 4.79 Å². The number of cyclic esters (lactones) is 1. The Bertz CT molecular complexity index is 1530. The molecule has 2 fully saturated rings. The van der Waals surface area contributed by atoms with Crippen LogP contribution in [0.25, 0.3) is 0 Å². The molecule has 1 saturated carbocycles. The van der Waals surface area contributed by atoms with Crippen molar-refractivity contribution in [1.29, 1.82) is 5.26 Å². The Morgan fingerprint density at radius 3 is 2.24 bits per heavy atom. The second kappa shape index (κ2) is 11.0. The average Bonchev–Trinajstić information content (AvgIpc) is 3.84. The molecule has 1 aliphatic heterocycles. The van der Waals surface area contributed by atoms with Crippen LogP contribution in [0.2, 0.25) is 0 Å². The highest BCUT2D eigenvalue weighted by atomic mass is 32.2. The van der Waals surface area contributed by atoms with Crippen LogP contribution in [0.5, 0.6) is 0 Å². The highest BCUT2D eigenvalue weighted by Gasteiger charge is 2.72. The SMILES string of the molecule is CCCC1(CCc2ccccc2)OC(=O)C(CS(=O)(=O)c2ccc(C#N)cn2)(C2CC2)C(O)C1(C)c1ccccc1. The summed E-state index contributed by atoms with van der Waals surface area (Å²) in [5.74, 6) is -1.61. The number of pyridine rings is 1. The predicted molar refractivity (Wildman–Crippen MR) is 154 cm³/mol. The third-order valence-electron chi connectivity index (χ3n) is 9.26. The summed E-state index contributed by atoms with van der Waals surface area (Å²) in [6.45, 7) is 3.96. The van der Waals surface area contributed by atoms with Gasteiger partial charge in [0.25, 0.3) is 0 Å². The Morgan fingerprint density at radius 2 is 1.68 bits per heavy atom. The van der Waals surface area contributed by atoms with Gasteiger partial charge in [-0.05, 0) is 68.2 Å². The number of aliphatic hydroxyl groups is 1. The van der Waals surface area contributed by atoms with E-state index in [1.54, 1.807) is 0 Å². The Kier molecular flexibility index (Phi) is 7.80. The Labute approximate surface area is 242 Å². The number of nitrogens with zero attached hydrogens (tertiary/aromatic N) is 2. The highest BCUT2D eigenvalue weighted by molar-refractivity contribution is 7.91. The van der Waals surface area contributed by atoms with E-state index in [1.807, 2.05) is 80.6 Å². The molecule has 0 radical (unpaired) electrons. The van der Waals surface area contributed by atoms with Crippen LogP contribution < -0.4 is 0 Å².